The first-order chi connectivity index (χ1) is 15.1. The molecule has 0 unspecified atom stereocenters. The normalized spacial score (nSPS) is 10.8. The number of nitro groups is 1. The van der Waals surface area contributed by atoms with Gasteiger partial charge in [-0.1, -0.05) is 30.0 Å². The maximum atomic E-state index is 12.3. The van der Waals surface area contributed by atoms with Gasteiger partial charge in [0.2, 0.25) is 5.91 Å². The Morgan fingerprint density at radius 2 is 2.16 bits per heavy atom. The largest absolute Gasteiger partial charge is 0.308 e. The van der Waals surface area contributed by atoms with E-state index in [1.165, 1.54) is 40.1 Å². The van der Waals surface area contributed by atoms with Crippen LogP contribution >= 0.6 is 34.4 Å². The second-order valence-electron chi connectivity index (χ2n) is 6.32. The van der Waals surface area contributed by atoms with Gasteiger partial charge < -0.3 is 9.88 Å². The number of amides is 1. The van der Waals surface area contributed by atoms with E-state index in [2.05, 4.69) is 26.6 Å². The van der Waals surface area contributed by atoms with Crippen molar-refractivity contribution in [3.8, 4) is 11.3 Å². The molecule has 0 spiro atoms. The zero-order chi connectivity index (χ0) is 21.6. The summed E-state index contributed by atoms with van der Waals surface area (Å²) < 4.78 is 1.93. The van der Waals surface area contributed by atoms with Crippen LogP contribution in [0.15, 0.2) is 58.6 Å². The van der Waals surface area contributed by atoms with Gasteiger partial charge in [0.25, 0.3) is 5.69 Å². The molecule has 0 saturated heterocycles. The highest BCUT2D eigenvalue weighted by Gasteiger charge is 2.13. The minimum Gasteiger partial charge on any atom is -0.308 e. The molecule has 1 aromatic carbocycles. The molecule has 0 radical (unpaired) electrons. The first-order valence-electron chi connectivity index (χ1n) is 9.11. The van der Waals surface area contributed by atoms with E-state index < -0.39 is 4.92 Å². The van der Waals surface area contributed by atoms with Gasteiger partial charge in [0.05, 0.1) is 16.4 Å². The molecule has 0 saturated carbocycles. The predicted molar refractivity (Wildman–Crippen MR) is 122 cm³/mol. The number of carbonyl (C=O) groups excluding carboxylic acids is 1. The van der Waals surface area contributed by atoms with Gasteiger partial charge in [-0.15, -0.1) is 32.9 Å². The van der Waals surface area contributed by atoms with Gasteiger partial charge >= 0.3 is 0 Å². The summed E-state index contributed by atoms with van der Waals surface area (Å²) in [5, 5.41) is 26.7. The van der Waals surface area contributed by atoms with Gasteiger partial charge in [-0.3, -0.25) is 14.9 Å². The molecule has 3 aromatic heterocycles. The van der Waals surface area contributed by atoms with Crippen LogP contribution < -0.4 is 5.32 Å². The molecular weight excluding hydrogens is 456 g/mol. The summed E-state index contributed by atoms with van der Waals surface area (Å²) >= 11 is 4.28. The Labute approximate surface area is 189 Å². The number of aryl methyl sites for hydroxylation is 2. The van der Waals surface area contributed by atoms with E-state index >= 15 is 0 Å². The number of nitrogens with one attached hydrogen (secondary N) is 1. The van der Waals surface area contributed by atoms with Gasteiger partial charge in [-0.05, 0) is 17.9 Å². The fraction of sp³-hybridized carbons (Fsp3) is 0.158. The average molecular weight is 473 g/mol. The van der Waals surface area contributed by atoms with E-state index in [1.54, 1.807) is 35.2 Å². The molecule has 0 atom stereocenters. The quantitative estimate of drug-likeness (QED) is 0.219. The number of thiophene rings is 1. The minimum absolute atomic E-state index is 0.00400. The zero-order valence-electron chi connectivity index (χ0n) is 16.0. The monoisotopic (exact) mass is 472 g/mol. The van der Waals surface area contributed by atoms with E-state index in [9.17, 15) is 14.9 Å². The summed E-state index contributed by atoms with van der Waals surface area (Å²) in [6.07, 6.45) is 2.55. The number of thioether (sulfide) groups is 1. The first kappa shape index (κ1) is 21.2. The number of anilines is 1. The van der Waals surface area contributed by atoms with Crippen LogP contribution in [0.3, 0.4) is 0 Å². The Morgan fingerprint density at radius 1 is 1.26 bits per heavy atom. The first-order valence-corrected chi connectivity index (χ1v) is 11.9. The topological polar surface area (TPSA) is 116 Å². The summed E-state index contributed by atoms with van der Waals surface area (Å²) in [4.78, 5) is 28.5. The van der Waals surface area contributed by atoms with E-state index in [0.29, 0.717) is 21.5 Å². The third-order valence-electron chi connectivity index (χ3n) is 4.19. The second-order valence-corrected chi connectivity index (χ2v) is 9.15. The number of hydrogen-bond donors (Lipinski definition) is 1. The Morgan fingerprint density at radius 3 is 2.97 bits per heavy atom. The van der Waals surface area contributed by atoms with E-state index in [-0.39, 0.29) is 17.3 Å². The molecule has 0 aliphatic rings. The average Bonchev–Trinajstić information content (AvgIpc) is 3.53. The van der Waals surface area contributed by atoms with Crippen molar-refractivity contribution in [2.75, 3.05) is 11.1 Å². The number of benzene rings is 1. The standard InChI is InChI=1S/C19H16N6O3S3/c26-17(11-31-19-23-20-12-24(19)7-6-15-5-2-8-29-15)22-18-21-16(10-30-18)13-3-1-4-14(9-13)25(27)28/h1-5,8-10,12H,6-7,11H2,(H,21,22,26). The molecule has 0 aliphatic heterocycles. The molecule has 0 fully saturated rings. The molecule has 4 rings (SSSR count). The Balaban J connectivity index is 1.32. The van der Waals surface area contributed by atoms with Crippen LogP contribution in [0.1, 0.15) is 4.88 Å². The second kappa shape index (κ2) is 9.81. The lowest BCUT2D eigenvalue weighted by atomic mass is 10.1. The maximum Gasteiger partial charge on any atom is 0.270 e. The minimum atomic E-state index is -0.449. The fourth-order valence-corrected chi connectivity index (χ4v) is 4.90. The Hall–Kier alpha value is -3.09. The number of thiazole rings is 1. The van der Waals surface area contributed by atoms with Crippen LogP contribution in [0.25, 0.3) is 11.3 Å². The third-order valence-corrected chi connectivity index (χ3v) is 6.87. The van der Waals surface area contributed by atoms with Crippen LogP contribution in [0.2, 0.25) is 0 Å². The van der Waals surface area contributed by atoms with Crippen LogP contribution in [0.4, 0.5) is 10.8 Å². The summed E-state index contributed by atoms with van der Waals surface area (Å²) in [5.74, 6) is -0.0404. The van der Waals surface area contributed by atoms with Gasteiger partial charge in [-0.25, -0.2) is 4.98 Å². The molecule has 4 aromatic rings. The van der Waals surface area contributed by atoms with Crippen molar-refractivity contribution in [3.05, 3.63) is 68.5 Å². The number of rotatable bonds is 9. The van der Waals surface area contributed by atoms with E-state index in [1.807, 2.05) is 16.0 Å². The zero-order valence-corrected chi connectivity index (χ0v) is 18.5. The molecule has 9 nitrogen and oxygen atoms in total. The number of hydrogen-bond acceptors (Lipinski definition) is 9. The molecule has 0 aliphatic carbocycles. The SMILES string of the molecule is O=C(CSc1nncn1CCc1cccs1)Nc1nc(-c2cccc([N+](=O)[O-])c2)cs1. The summed E-state index contributed by atoms with van der Waals surface area (Å²) in [7, 11) is 0. The van der Waals surface area contributed by atoms with Crippen molar-refractivity contribution in [1.29, 1.82) is 0 Å². The molecular formula is C19H16N6O3S3. The smallest absolute Gasteiger partial charge is 0.270 e. The highest BCUT2D eigenvalue weighted by atomic mass is 32.2. The lowest BCUT2D eigenvalue weighted by Gasteiger charge is -2.05. The highest BCUT2D eigenvalue weighted by Crippen LogP contribution is 2.27. The van der Waals surface area contributed by atoms with Gasteiger partial charge in [-0.2, -0.15) is 0 Å². The van der Waals surface area contributed by atoms with Crippen LogP contribution in [-0.2, 0) is 17.8 Å². The lowest BCUT2D eigenvalue weighted by Crippen LogP contribution is -2.14. The van der Waals surface area contributed by atoms with Gasteiger partial charge in [0, 0.05) is 34.5 Å². The van der Waals surface area contributed by atoms with Crippen molar-refractivity contribution in [3.63, 3.8) is 0 Å². The lowest BCUT2D eigenvalue weighted by molar-refractivity contribution is -0.384. The van der Waals surface area contributed by atoms with Crippen molar-refractivity contribution >= 4 is 51.2 Å². The van der Waals surface area contributed by atoms with Crippen LogP contribution in [0.5, 0.6) is 0 Å². The number of carbonyl (C=O) groups is 1. The Kier molecular flexibility index (Phi) is 6.70. The van der Waals surface area contributed by atoms with E-state index in [0.717, 1.165) is 13.0 Å². The van der Waals surface area contributed by atoms with Crippen molar-refractivity contribution in [2.45, 2.75) is 18.1 Å². The van der Waals surface area contributed by atoms with Crippen molar-refractivity contribution in [2.24, 2.45) is 0 Å². The highest BCUT2D eigenvalue weighted by molar-refractivity contribution is 7.99. The molecule has 31 heavy (non-hydrogen) atoms. The number of aromatic nitrogens is 4. The summed E-state index contributed by atoms with van der Waals surface area (Å²) in [5.41, 5.74) is 1.19. The summed E-state index contributed by atoms with van der Waals surface area (Å²) in [6.45, 7) is 0.747. The molecule has 0 bridgehead atoms. The van der Waals surface area contributed by atoms with Crippen LogP contribution in [0, 0.1) is 10.1 Å². The molecule has 3 heterocycles. The number of nitro benzene ring substituents is 1. The fourth-order valence-electron chi connectivity index (χ4n) is 2.72. The molecule has 1 N–H and O–H groups in total. The van der Waals surface area contributed by atoms with Crippen molar-refractivity contribution < 1.29 is 9.72 Å². The van der Waals surface area contributed by atoms with E-state index in [4.69, 9.17) is 0 Å². The number of non-ortho nitro benzene ring substituents is 1. The molecule has 158 valence electrons. The number of nitrogens with zero attached hydrogens (tertiary/aromatic N) is 5. The molecule has 1 amide bonds. The molecule has 12 heteroatoms. The Bertz CT molecular complexity index is 1190. The third kappa shape index (κ3) is 5.54. The van der Waals surface area contributed by atoms with Gasteiger partial charge in [0.1, 0.15) is 6.33 Å². The van der Waals surface area contributed by atoms with Crippen LogP contribution in [-0.4, -0.2) is 36.3 Å². The van der Waals surface area contributed by atoms with Crippen molar-refractivity contribution in [1.82, 2.24) is 19.7 Å². The summed E-state index contributed by atoms with van der Waals surface area (Å²) in [6, 6.07) is 10.3. The van der Waals surface area contributed by atoms with Gasteiger partial charge in [0.15, 0.2) is 10.3 Å². The predicted octanol–water partition coefficient (Wildman–Crippen LogP) is 4.34. The maximum absolute atomic E-state index is 12.3.